The third kappa shape index (κ3) is 1.65. The molecule has 80 valence electrons. The molecule has 1 unspecified atom stereocenters. The first-order valence-corrected chi connectivity index (χ1v) is 4.96. The van der Waals surface area contributed by atoms with E-state index < -0.39 is 0 Å². The minimum Gasteiger partial charge on any atom is -0.331 e. The molecular weight excluding hydrogens is 192 g/mol. The van der Waals surface area contributed by atoms with Crippen molar-refractivity contribution in [1.82, 2.24) is 14.9 Å². The third-order valence-corrected chi connectivity index (χ3v) is 2.44. The summed E-state index contributed by atoms with van der Waals surface area (Å²) in [5, 5.41) is 2.76. The van der Waals surface area contributed by atoms with Gasteiger partial charge >= 0.3 is 0 Å². The minimum absolute atomic E-state index is 0.0389. The van der Waals surface area contributed by atoms with E-state index in [1.807, 2.05) is 31.7 Å². The van der Waals surface area contributed by atoms with Crippen LogP contribution in [0.2, 0.25) is 0 Å². The third-order valence-electron chi connectivity index (χ3n) is 2.44. The summed E-state index contributed by atoms with van der Waals surface area (Å²) in [6, 6.07) is -0.281. The van der Waals surface area contributed by atoms with Crippen LogP contribution in [0.3, 0.4) is 0 Å². The van der Waals surface area contributed by atoms with Crippen molar-refractivity contribution < 1.29 is 4.79 Å². The first-order valence-electron chi connectivity index (χ1n) is 4.96. The Balaban J connectivity index is 2.30. The fourth-order valence-corrected chi connectivity index (χ4v) is 1.58. The average Bonchev–Trinajstić information content (AvgIpc) is 2.71. The number of rotatable bonds is 2. The van der Waals surface area contributed by atoms with Gasteiger partial charge in [-0.05, 0) is 5.92 Å². The van der Waals surface area contributed by atoms with Crippen molar-refractivity contribution in [2.75, 3.05) is 0 Å². The molecule has 5 heteroatoms. The molecule has 15 heavy (non-hydrogen) atoms. The predicted octanol–water partition coefficient (Wildman–Crippen LogP) is 0.321. The molecule has 1 aliphatic rings. The molecular formula is C10H14N4O. The van der Waals surface area contributed by atoms with Crippen LogP contribution in [0.1, 0.15) is 19.7 Å². The van der Waals surface area contributed by atoms with Crippen LogP contribution in [0.15, 0.2) is 17.4 Å². The van der Waals surface area contributed by atoms with E-state index in [4.69, 9.17) is 0 Å². The molecule has 0 fully saturated rings. The maximum absolute atomic E-state index is 11.6. The second kappa shape index (κ2) is 3.49. The summed E-state index contributed by atoms with van der Waals surface area (Å²) in [6.07, 6.45) is 3.51. The Morgan fingerprint density at radius 2 is 2.27 bits per heavy atom. The van der Waals surface area contributed by atoms with Gasteiger partial charge in [-0.3, -0.25) is 9.79 Å². The number of carbonyl (C=O) groups is 1. The Labute approximate surface area is 88.2 Å². The number of hydrogen-bond donors (Lipinski definition) is 1. The summed E-state index contributed by atoms with van der Waals surface area (Å²) in [5.41, 5.74) is 0. The quantitative estimate of drug-likeness (QED) is 0.757. The van der Waals surface area contributed by atoms with Crippen molar-refractivity contribution in [3.05, 3.63) is 18.2 Å². The summed E-state index contributed by atoms with van der Waals surface area (Å²) in [6.45, 7) is 3.96. The largest absolute Gasteiger partial charge is 0.331 e. The number of nitrogens with zero attached hydrogens (tertiary/aromatic N) is 3. The number of amidine groups is 1. The fourth-order valence-electron chi connectivity index (χ4n) is 1.58. The van der Waals surface area contributed by atoms with Gasteiger partial charge in [-0.2, -0.15) is 0 Å². The van der Waals surface area contributed by atoms with Gasteiger partial charge in [-0.1, -0.05) is 13.8 Å². The second-order valence-electron chi connectivity index (χ2n) is 4.02. The lowest BCUT2D eigenvalue weighted by Gasteiger charge is -2.06. The van der Waals surface area contributed by atoms with E-state index in [1.165, 1.54) is 0 Å². The Hall–Kier alpha value is -1.65. The van der Waals surface area contributed by atoms with Crippen molar-refractivity contribution in [3.8, 4) is 0 Å². The van der Waals surface area contributed by atoms with Crippen LogP contribution < -0.4 is 5.32 Å². The van der Waals surface area contributed by atoms with E-state index >= 15 is 0 Å². The number of carbonyl (C=O) groups excluding carboxylic acids is 1. The number of aliphatic imine (C=N–C) groups is 1. The zero-order valence-corrected chi connectivity index (χ0v) is 9.06. The molecule has 1 aromatic heterocycles. The summed E-state index contributed by atoms with van der Waals surface area (Å²) in [5.74, 6) is 1.45. The summed E-state index contributed by atoms with van der Waals surface area (Å²) < 4.78 is 1.84. The van der Waals surface area contributed by atoms with Gasteiger partial charge in [0.15, 0.2) is 11.7 Å². The smallest absolute Gasteiger partial charge is 0.250 e. The van der Waals surface area contributed by atoms with Crippen molar-refractivity contribution in [2.45, 2.75) is 19.9 Å². The van der Waals surface area contributed by atoms with Gasteiger partial charge in [0.05, 0.1) is 0 Å². The van der Waals surface area contributed by atoms with Crippen LogP contribution in [-0.2, 0) is 11.8 Å². The average molecular weight is 206 g/mol. The molecule has 0 saturated heterocycles. The molecule has 0 spiro atoms. The number of amides is 1. The highest BCUT2D eigenvalue weighted by Crippen LogP contribution is 2.13. The highest BCUT2D eigenvalue weighted by molar-refractivity contribution is 6.12. The number of imidazole rings is 1. The number of nitrogens with one attached hydrogen (secondary N) is 1. The van der Waals surface area contributed by atoms with Gasteiger partial charge in [0.25, 0.3) is 5.91 Å². The molecule has 1 amide bonds. The molecule has 0 saturated carbocycles. The topological polar surface area (TPSA) is 59.3 Å². The van der Waals surface area contributed by atoms with E-state index in [-0.39, 0.29) is 17.9 Å². The first kappa shape index (κ1) is 9.89. The molecule has 0 aliphatic carbocycles. The second-order valence-corrected chi connectivity index (χ2v) is 4.02. The van der Waals surface area contributed by atoms with Crippen LogP contribution in [0.25, 0.3) is 0 Å². The standard InChI is InChI=1S/C10H14N4O/c1-6(2)7-10(15)13-8(12-7)9-11-4-5-14(9)3/h4-7H,1-3H3,(H,12,13,15). The molecule has 0 aromatic carbocycles. The molecule has 0 radical (unpaired) electrons. The van der Waals surface area contributed by atoms with Crippen molar-refractivity contribution >= 4 is 11.7 Å². The van der Waals surface area contributed by atoms with Gasteiger partial charge in [-0.15, -0.1) is 0 Å². The highest BCUT2D eigenvalue weighted by Gasteiger charge is 2.30. The normalized spacial score (nSPS) is 20.7. The van der Waals surface area contributed by atoms with Crippen molar-refractivity contribution in [1.29, 1.82) is 0 Å². The van der Waals surface area contributed by atoms with Gasteiger partial charge in [0.2, 0.25) is 0 Å². The Bertz CT molecular complexity index is 419. The number of aromatic nitrogens is 2. The van der Waals surface area contributed by atoms with Crippen LogP contribution in [0.5, 0.6) is 0 Å². The SMILES string of the molecule is CC(C)C1N=C(c2nccn2C)NC1=O. The molecule has 2 heterocycles. The maximum atomic E-state index is 11.6. The van der Waals surface area contributed by atoms with Crippen molar-refractivity contribution in [3.63, 3.8) is 0 Å². The lowest BCUT2D eigenvalue weighted by atomic mass is 10.1. The van der Waals surface area contributed by atoms with Gasteiger partial charge in [-0.25, -0.2) is 4.98 Å². The Kier molecular flexibility index (Phi) is 2.30. The van der Waals surface area contributed by atoms with Crippen LogP contribution >= 0.6 is 0 Å². The summed E-state index contributed by atoms with van der Waals surface area (Å²) in [7, 11) is 1.87. The van der Waals surface area contributed by atoms with Crippen LogP contribution in [0, 0.1) is 5.92 Å². The van der Waals surface area contributed by atoms with E-state index in [0.29, 0.717) is 11.7 Å². The molecule has 2 rings (SSSR count). The Morgan fingerprint density at radius 1 is 1.53 bits per heavy atom. The zero-order valence-electron chi connectivity index (χ0n) is 9.06. The fraction of sp³-hybridized carbons (Fsp3) is 0.500. The Morgan fingerprint density at radius 3 is 2.73 bits per heavy atom. The minimum atomic E-state index is -0.281. The predicted molar refractivity (Wildman–Crippen MR) is 56.5 cm³/mol. The van der Waals surface area contributed by atoms with E-state index in [0.717, 1.165) is 0 Å². The van der Waals surface area contributed by atoms with Crippen LogP contribution in [0.4, 0.5) is 0 Å². The molecule has 0 bridgehead atoms. The zero-order chi connectivity index (χ0) is 11.0. The summed E-state index contributed by atoms with van der Waals surface area (Å²) >= 11 is 0. The molecule has 1 aromatic rings. The van der Waals surface area contributed by atoms with Gasteiger partial charge in [0, 0.05) is 19.4 Å². The molecule has 1 atom stereocenters. The van der Waals surface area contributed by atoms with E-state index in [2.05, 4.69) is 15.3 Å². The lowest BCUT2D eigenvalue weighted by molar-refractivity contribution is -0.120. The summed E-state index contributed by atoms with van der Waals surface area (Å²) in [4.78, 5) is 20.1. The molecule has 1 N–H and O–H groups in total. The lowest BCUT2D eigenvalue weighted by Crippen LogP contribution is -2.32. The van der Waals surface area contributed by atoms with Gasteiger partial charge in [0.1, 0.15) is 6.04 Å². The number of hydrogen-bond acceptors (Lipinski definition) is 3. The van der Waals surface area contributed by atoms with Crippen molar-refractivity contribution in [2.24, 2.45) is 18.0 Å². The van der Waals surface area contributed by atoms with E-state index in [9.17, 15) is 4.79 Å². The van der Waals surface area contributed by atoms with Gasteiger partial charge < -0.3 is 9.88 Å². The highest BCUT2D eigenvalue weighted by atomic mass is 16.2. The first-order chi connectivity index (χ1) is 7.09. The van der Waals surface area contributed by atoms with Crippen LogP contribution in [-0.4, -0.2) is 27.3 Å². The van der Waals surface area contributed by atoms with E-state index in [1.54, 1.807) is 6.20 Å². The molecule has 5 nitrogen and oxygen atoms in total. The molecule has 1 aliphatic heterocycles. The number of aryl methyl sites for hydroxylation is 1. The maximum Gasteiger partial charge on any atom is 0.250 e. The monoisotopic (exact) mass is 206 g/mol.